The highest BCUT2D eigenvalue weighted by molar-refractivity contribution is 6.31. The number of benzene rings is 1. The maximum Gasteiger partial charge on any atom is 0.0603 e. The third-order valence-electron chi connectivity index (χ3n) is 5.73. The average Bonchev–Trinajstić information content (AvgIpc) is 2.99. The second-order valence-corrected chi connectivity index (χ2v) is 9.03. The van der Waals surface area contributed by atoms with E-state index in [-0.39, 0.29) is 0 Å². The number of rotatable bonds is 5. The molecule has 3 aromatic rings. The topological polar surface area (TPSA) is 41.3 Å². The lowest BCUT2D eigenvalue weighted by Gasteiger charge is -2.30. The molecule has 4 rings (SSSR count). The van der Waals surface area contributed by atoms with Gasteiger partial charge in [0.1, 0.15) is 0 Å². The van der Waals surface area contributed by atoms with Crippen LogP contribution >= 0.6 is 11.6 Å². The van der Waals surface area contributed by atoms with Crippen LogP contribution in [0.4, 0.5) is 0 Å². The molecule has 3 heterocycles. The Balaban J connectivity index is 1.74. The molecule has 0 saturated heterocycles. The highest BCUT2D eigenvalue weighted by Crippen LogP contribution is 2.34. The molecule has 1 aromatic carbocycles. The smallest absolute Gasteiger partial charge is 0.0603 e. The van der Waals surface area contributed by atoms with E-state index < -0.39 is 5.60 Å². The van der Waals surface area contributed by atoms with Gasteiger partial charge in [-0.1, -0.05) is 11.6 Å². The van der Waals surface area contributed by atoms with Gasteiger partial charge >= 0.3 is 0 Å². The number of pyridine rings is 1. The third-order valence-corrected chi connectivity index (χ3v) is 5.96. The summed E-state index contributed by atoms with van der Waals surface area (Å²) in [7, 11) is 0. The lowest BCUT2D eigenvalue weighted by atomic mass is 10.0. The third kappa shape index (κ3) is 4.40. The number of allylic oxidation sites excluding steroid dienone is 1. The molecule has 1 N–H and O–H groups in total. The summed E-state index contributed by atoms with van der Waals surface area (Å²) in [6.07, 6.45) is 7.64. The maximum absolute atomic E-state index is 10.1. The first-order valence-corrected chi connectivity index (χ1v) is 10.5. The molecule has 0 atom stereocenters. The Morgan fingerprint density at radius 3 is 2.72 bits per heavy atom. The van der Waals surface area contributed by atoms with Crippen molar-refractivity contribution in [1.29, 1.82) is 0 Å². The van der Waals surface area contributed by atoms with E-state index in [2.05, 4.69) is 39.7 Å². The summed E-state index contributed by atoms with van der Waals surface area (Å²) in [5, 5.41) is 12.1. The Morgan fingerprint density at radius 1 is 1.24 bits per heavy atom. The molecule has 0 fully saturated rings. The predicted molar refractivity (Wildman–Crippen MR) is 121 cm³/mol. The molecule has 0 aliphatic carbocycles. The van der Waals surface area contributed by atoms with Crippen molar-refractivity contribution in [2.24, 2.45) is 0 Å². The van der Waals surface area contributed by atoms with Crippen molar-refractivity contribution in [2.45, 2.75) is 45.8 Å². The molecule has 2 aromatic heterocycles. The minimum absolute atomic E-state index is 0.637. The van der Waals surface area contributed by atoms with Crippen LogP contribution in [0.2, 0.25) is 5.02 Å². The molecular weight excluding hydrogens is 382 g/mol. The fourth-order valence-electron chi connectivity index (χ4n) is 4.07. The van der Waals surface area contributed by atoms with Gasteiger partial charge < -0.3 is 9.67 Å². The van der Waals surface area contributed by atoms with Gasteiger partial charge in [0.15, 0.2) is 0 Å². The Hall–Kier alpha value is -2.14. The minimum atomic E-state index is -0.637. The van der Waals surface area contributed by atoms with Gasteiger partial charge in [-0.15, -0.1) is 0 Å². The van der Waals surface area contributed by atoms with Crippen molar-refractivity contribution < 1.29 is 5.11 Å². The molecule has 0 amide bonds. The quantitative estimate of drug-likeness (QED) is 0.627. The van der Waals surface area contributed by atoms with Crippen LogP contribution in [-0.4, -0.2) is 38.2 Å². The second-order valence-electron chi connectivity index (χ2n) is 8.59. The summed E-state index contributed by atoms with van der Waals surface area (Å²) in [4.78, 5) is 6.56. The van der Waals surface area contributed by atoms with Crippen molar-refractivity contribution in [2.75, 3.05) is 13.1 Å². The highest BCUT2D eigenvalue weighted by Gasteiger charge is 2.25. The molecule has 152 valence electrons. The summed E-state index contributed by atoms with van der Waals surface area (Å²) in [5.41, 5.74) is 5.64. The Bertz CT molecular complexity index is 1050. The molecule has 1 aliphatic heterocycles. The van der Waals surface area contributed by atoms with Gasteiger partial charge in [-0.25, -0.2) is 0 Å². The Labute approximate surface area is 177 Å². The van der Waals surface area contributed by atoms with Gasteiger partial charge in [-0.2, -0.15) is 0 Å². The lowest BCUT2D eigenvalue weighted by molar-refractivity contribution is 0.0558. The Kier molecular flexibility index (Phi) is 5.52. The van der Waals surface area contributed by atoms with Crippen molar-refractivity contribution in [3.63, 3.8) is 0 Å². The monoisotopic (exact) mass is 409 g/mol. The zero-order valence-electron chi connectivity index (χ0n) is 17.3. The van der Waals surface area contributed by atoms with Crippen LogP contribution in [0, 0.1) is 0 Å². The second kappa shape index (κ2) is 7.94. The van der Waals surface area contributed by atoms with Gasteiger partial charge in [0.05, 0.1) is 11.1 Å². The molecule has 0 radical (unpaired) electrons. The zero-order valence-corrected chi connectivity index (χ0v) is 18.1. The van der Waals surface area contributed by atoms with E-state index in [0.29, 0.717) is 0 Å². The normalized spacial score (nSPS) is 15.7. The van der Waals surface area contributed by atoms with Gasteiger partial charge in [-0.05, 0) is 74.2 Å². The SMILES string of the molecule is C/C(=C\n1c2c(c3cc(Cl)ccc31)CN(CCC(C)(C)O)CC2)c1ccncc1. The zero-order chi connectivity index (χ0) is 20.6. The largest absolute Gasteiger partial charge is 0.390 e. The van der Waals surface area contributed by atoms with Crippen LogP contribution in [0.5, 0.6) is 0 Å². The van der Waals surface area contributed by atoms with Crippen LogP contribution < -0.4 is 0 Å². The summed E-state index contributed by atoms with van der Waals surface area (Å²) in [5.74, 6) is 0. The first-order valence-electron chi connectivity index (χ1n) is 10.2. The van der Waals surface area contributed by atoms with Crippen molar-refractivity contribution in [1.82, 2.24) is 14.5 Å². The number of halogens is 1. The van der Waals surface area contributed by atoms with Gasteiger partial charge in [0, 0.05) is 60.8 Å². The highest BCUT2D eigenvalue weighted by atomic mass is 35.5. The van der Waals surface area contributed by atoms with E-state index in [0.717, 1.165) is 37.5 Å². The van der Waals surface area contributed by atoms with Gasteiger partial charge in [-0.3, -0.25) is 9.88 Å². The van der Waals surface area contributed by atoms with Crippen LogP contribution in [0.25, 0.3) is 22.7 Å². The van der Waals surface area contributed by atoms with Crippen molar-refractivity contribution >= 4 is 34.3 Å². The Morgan fingerprint density at radius 2 is 2.00 bits per heavy atom. The number of hydrogen-bond acceptors (Lipinski definition) is 3. The summed E-state index contributed by atoms with van der Waals surface area (Å²) in [6, 6.07) is 10.3. The molecule has 4 nitrogen and oxygen atoms in total. The fraction of sp³-hybridized carbons (Fsp3) is 0.375. The van der Waals surface area contributed by atoms with E-state index >= 15 is 0 Å². The predicted octanol–water partition coefficient (Wildman–Crippen LogP) is 5.23. The van der Waals surface area contributed by atoms with Gasteiger partial charge in [0.2, 0.25) is 0 Å². The molecule has 5 heteroatoms. The fourth-order valence-corrected chi connectivity index (χ4v) is 4.25. The van der Waals surface area contributed by atoms with Crippen LogP contribution in [-0.2, 0) is 13.0 Å². The molecule has 0 saturated carbocycles. The maximum atomic E-state index is 10.1. The standard InChI is InChI=1S/C24H28ClN3O/c1-17(18-6-10-26-11-7-18)15-28-22-5-4-19(25)14-20(22)21-16-27(12-8-23(21)28)13-9-24(2,3)29/h4-7,10-11,14-15,29H,8-9,12-13,16H2,1-3H3/b17-15+. The van der Waals surface area contributed by atoms with Crippen LogP contribution in [0.3, 0.4) is 0 Å². The van der Waals surface area contributed by atoms with Crippen molar-refractivity contribution in [3.05, 3.63) is 64.6 Å². The molecule has 1 aliphatic rings. The number of fused-ring (bicyclic) bond motifs is 3. The average molecular weight is 410 g/mol. The number of aliphatic hydroxyl groups is 1. The van der Waals surface area contributed by atoms with Crippen LogP contribution in [0.1, 0.15) is 44.0 Å². The summed E-state index contributed by atoms with van der Waals surface area (Å²) >= 11 is 6.35. The van der Waals surface area contributed by atoms with E-state index in [1.165, 1.54) is 33.3 Å². The first kappa shape index (κ1) is 20.1. The van der Waals surface area contributed by atoms with E-state index in [1.54, 1.807) is 0 Å². The van der Waals surface area contributed by atoms with E-state index in [9.17, 15) is 5.11 Å². The van der Waals surface area contributed by atoms with E-state index in [4.69, 9.17) is 11.6 Å². The number of hydrogen-bond donors (Lipinski definition) is 1. The van der Waals surface area contributed by atoms with E-state index in [1.807, 2.05) is 44.4 Å². The molecule has 0 unspecified atom stereocenters. The molecule has 0 bridgehead atoms. The van der Waals surface area contributed by atoms with Crippen molar-refractivity contribution in [3.8, 4) is 0 Å². The van der Waals surface area contributed by atoms with Crippen LogP contribution in [0.15, 0.2) is 42.7 Å². The minimum Gasteiger partial charge on any atom is -0.390 e. The number of nitrogens with zero attached hydrogens (tertiary/aromatic N) is 3. The summed E-state index contributed by atoms with van der Waals surface area (Å²) in [6.45, 7) is 8.66. The van der Waals surface area contributed by atoms with Gasteiger partial charge in [0.25, 0.3) is 0 Å². The first-order chi connectivity index (χ1) is 13.8. The number of aromatic nitrogens is 2. The molecule has 29 heavy (non-hydrogen) atoms. The summed E-state index contributed by atoms with van der Waals surface area (Å²) < 4.78 is 2.34. The lowest BCUT2D eigenvalue weighted by Crippen LogP contribution is -2.35. The molecular formula is C24H28ClN3O. The molecule has 0 spiro atoms.